The number of aryl methyl sites for hydroxylation is 2. The summed E-state index contributed by atoms with van der Waals surface area (Å²) in [6, 6.07) is 3.82. The summed E-state index contributed by atoms with van der Waals surface area (Å²) in [7, 11) is 0. The van der Waals surface area contributed by atoms with Gasteiger partial charge in [-0.25, -0.2) is 0 Å². The third-order valence-corrected chi connectivity index (χ3v) is 4.28. The third-order valence-electron chi connectivity index (χ3n) is 4.28. The van der Waals surface area contributed by atoms with E-state index in [4.69, 9.17) is 15.7 Å². The topological polar surface area (TPSA) is 67.8 Å². The number of nitrogens with two attached hydrogens (primary N) is 1. The molecule has 0 amide bonds. The Labute approximate surface area is 127 Å². The molecule has 1 fully saturated rings. The Kier molecular flexibility index (Phi) is 4.76. The fourth-order valence-electron chi connectivity index (χ4n) is 3.48. The van der Waals surface area contributed by atoms with Crippen molar-refractivity contribution in [3.05, 3.63) is 28.8 Å². The van der Waals surface area contributed by atoms with Crippen LogP contribution in [-0.4, -0.2) is 17.1 Å². The van der Waals surface area contributed by atoms with Crippen LogP contribution in [0.3, 0.4) is 0 Å². The summed E-state index contributed by atoms with van der Waals surface area (Å²) in [5.74, 6) is 2.51. The van der Waals surface area contributed by atoms with Gasteiger partial charge in [0.15, 0.2) is 5.84 Å². The number of ether oxygens (including phenoxy) is 1. The van der Waals surface area contributed by atoms with E-state index in [0.717, 1.165) is 47.1 Å². The maximum Gasteiger partial charge on any atom is 0.170 e. The molecule has 3 N–H and O–H groups in total. The minimum absolute atomic E-state index is 0.132. The van der Waals surface area contributed by atoms with E-state index >= 15 is 0 Å². The molecule has 4 nitrogen and oxygen atoms in total. The minimum Gasteiger partial charge on any atom is -0.490 e. The molecule has 0 bridgehead atoms. The summed E-state index contributed by atoms with van der Waals surface area (Å²) in [6.45, 7) is 8.61. The van der Waals surface area contributed by atoms with E-state index < -0.39 is 0 Å². The van der Waals surface area contributed by atoms with Crippen LogP contribution in [0.2, 0.25) is 0 Å². The van der Waals surface area contributed by atoms with E-state index in [0.29, 0.717) is 0 Å². The first kappa shape index (κ1) is 15.7. The Bertz CT molecular complexity index is 507. The highest BCUT2D eigenvalue weighted by Gasteiger charge is 2.26. The molecule has 0 aromatic heterocycles. The summed E-state index contributed by atoms with van der Waals surface area (Å²) in [6.07, 6.45) is 3.81. The van der Waals surface area contributed by atoms with Crippen molar-refractivity contribution < 1.29 is 9.94 Å². The van der Waals surface area contributed by atoms with Gasteiger partial charge < -0.3 is 15.7 Å². The lowest BCUT2D eigenvalue weighted by Gasteiger charge is -2.32. The van der Waals surface area contributed by atoms with Gasteiger partial charge in [0.2, 0.25) is 0 Å². The molecule has 21 heavy (non-hydrogen) atoms. The molecule has 4 heteroatoms. The molecule has 0 saturated heterocycles. The average molecular weight is 290 g/mol. The number of oxime groups is 1. The minimum atomic E-state index is 0.132. The summed E-state index contributed by atoms with van der Waals surface area (Å²) < 4.78 is 6.28. The summed E-state index contributed by atoms with van der Waals surface area (Å²) >= 11 is 0. The number of amidine groups is 1. The van der Waals surface area contributed by atoms with Gasteiger partial charge in [-0.1, -0.05) is 19.0 Å². The quantitative estimate of drug-likeness (QED) is 0.387. The number of hydrogen-bond acceptors (Lipinski definition) is 3. The Balaban J connectivity index is 2.20. The molecule has 2 rings (SSSR count). The van der Waals surface area contributed by atoms with E-state index in [2.05, 4.69) is 19.0 Å². The van der Waals surface area contributed by atoms with E-state index in [1.54, 1.807) is 0 Å². The molecule has 0 radical (unpaired) electrons. The van der Waals surface area contributed by atoms with Crippen molar-refractivity contribution in [2.45, 2.75) is 53.1 Å². The first-order valence-corrected chi connectivity index (χ1v) is 7.66. The normalized spacial score (nSPS) is 26.7. The van der Waals surface area contributed by atoms with Gasteiger partial charge in [-0.3, -0.25) is 0 Å². The van der Waals surface area contributed by atoms with Crippen molar-refractivity contribution in [1.82, 2.24) is 0 Å². The smallest absolute Gasteiger partial charge is 0.170 e. The van der Waals surface area contributed by atoms with E-state index in [9.17, 15) is 0 Å². The fourth-order valence-corrected chi connectivity index (χ4v) is 3.48. The monoisotopic (exact) mass is 290 g/mol. The second-order valence-electron chi connectivity index (χ2n) is 6.58. The molecule has 1 aliphatic carbocycles. The molecule has 0 heterocycles. The van der Waals surface area contributed by atoms with Gasteiger partial charge in [-0.2, -0.15) is 0 Å². The summed E-state index contributed by atoms with van der Waals surface area (Å²) in [4.78, 5) is 0. The summed E-state index contributed by atoms with van der Waals surface area (Å²) in [5, 5.41) is 11.9. The van der Waals surface area contributed by atoms with Crippen molar-refractivity contribution in [2.75, 3.05) is 0 Å². The van der Waals surface area contributed by atoms with Crippen LogP contribution in [0, 0.1) is 25.7 Å². The SMILES string of the molecule is Cc1cc(C(N)=NO)cc(C)c1OC1CC(C)CC(C)C1. The highest BCUT2D eigenvalue weighted by molar-refractivity contribution is 5.97. The molecule has 0 spiro atoms. The van der Waals surface area contributed by atoms with Gasteiger partial charge >= 0.3 is 0 Å². The van der Waals surface area contributed by atoms with E-state index in [-0.39, 0.29) is 11.9 Å². The number of rotatable bonds is 3. The van der Waals surface area contributed by atoms with Crippen LogP contribution < -0.4 is 10.5 Å². The standard InChI is InChI=1S/C17H26N2O2/c1-10-5-11(2)7-15(6-10)21-16-12(3)8-14(9-13(16)4)17(18)19-20/h8-11,15,20H,5-7H2,1-4H3,(H2,18,19). The largest absolute Gasteiger partial charge is 0.490 e. The lowest BCUT2D eigenvalue weighted by Crippen LogP contribution is -2.29. The Morgan fingerprint density at radius 1 is 1.14 bits per heavy atom. The molecule has 2 atom stereocenters. The van der Waals surface area contributed by atoms with Gasteiger partial charge in [-0.15, -0.1) is 0 Å². The zero-order valence-electron chi connectivity index (χ0n) is 13.4. The van der Waals surface area contributed by atoms with Crippen molar-refractivity contribution in [3.63, 3.8) is 0 Å². The van der Waals surface area contributed by atoms with Crippen LogP contribution in [0.4, 0.5) is 0 Å². The van der Waals surface area contributed by atoms with Gasteiger partial charge in [0.05, 0.1) is 6.10 Å². The number of nitrogens with zero attached hydrogens (tertiary/aromatic N) is 1. The molecule has 1 saturated carbocycles. The van der Waals surface area contributed by atoms with Gasteiger partial charge in [0, 0.05) is 5.56 Å². The summed E-state index contributed by atoms with van der Waals surface area (Å²) in [5.41, 5.74) is 8.45. The molecule has 1 aromatic rings. The Hall–Kier alpha value is -1.71. The van der Waals surface area contributed by atoms with Crippen LogP contribution >= 0.6 is 0 Å². The van der Waals surface area contributed by atoms with Crippen molar-refractivity contribution in [3.8, 4) is 5.75 Å². The van der Waals surface area contributed by atoms with Crippen molar-refractivity contribution in [1.29, 1.82) is 0 Å². The average Bonchev–Trinajstić information content (AvgIpc) is 2.40. The van der Waals surface area contributed by atoms with Crippen molar-refractivity contribution in [2.24, 2.45) is 22.7 Å². The second-order valence-corrected chi connectivity index (χ2v) is 6.58. The first-order chi connectivity index (χ1) is 9.90. The van der Waals surface area contributed by atoms with Crippen LogP contribution in [0.5, 0.6) is 5.75 Å². The second kappa shape index (κ2) is 6.37. The Morgan fingerprint density at radius 3 is 2.14 bits per heavy atom. The lowest BCUT2D eigenvalue weighted by molar-refractivity contribution is 0.0997. The highest BCUT2D eigenvalue weighted by atomic mass is 16.5. The number of benzene rings is 1. The van der Waals surface area contributed by atoms with Crippen LogP contribution in [0.15, 0.2) is 17.3 Å². The zero-order valence-corrected chi connectivity index (χ0v) is 13.4. The molecule has 1 aliphatic rings. The van der Waals surface area contributed by atoms with E-state index in [1.807, 2.05) is 26.0 Å². The van der Waals surface area contributed by atoms with Gasteiger partial charge in [0.1, 0.15) is 5.75 Å². The molecule has 1 aromatic carbocycles. The maximum absolute atomic E-state index is 8.79. The first-order valence-electron chi connectivity index (χ1n) is 7.66. The van der Waals surface area contributed by atoms with Crippen LogP contribution in [-0.2, 0) is 0 Å². The third kappa shape index (κ3) is 3.69. The molecule has 116 valence electrons. The van der Waals surface area contributed by atoms with Crippen LogP contribution in [0.25, 0.3) is 0 Å². The van der Waals surface area contributed by atoms with Gasteiger partial charge in [0.25, 0.3) is 0 Å². The van der Waals surface area contributed by atoms with E-state index in [1.165, 1.54) is 6.42 Å². The molecular formula is C17H26N2O2. The zero-order chi connectivity index (χ0) is 15.6. The lowest BCUT2D eigenvalue weighted by atomic mass is 9.81. The predicted molar refractivity (Wildman–Crippen MR) is 85.0 cm³/mol. The number of hydrogen-bond donors (Lipinski definition) is 2. The van der Waals surface area contributed by atoms with Crippen LogP contribution in [0.1, 0.15) is 49.8 Å². The Morgan fingerprint density at radius 2 is 1.67 bits per heavy atom. The predicted octanol–water partition coefficient (Wildman–Crippen LogP) is 3.60. The maximum atomic E-state index is 8.79. The fraction of sp³-hybridized carbons (Fsp3) is 0.588. The molecule has 0 aliphatic heterocycles. The highest BCUT2D eigenvalue weighted by Crippen LogP contribution is 2.33. The molecule has 2 unspecified atom stereocenters. The molecular weight excluding hydrogens is 264 g/mol. The van der Waals surface area contributed by atoms with Crippen molar-refractivity contribution >= 4 is 5.84 Å². The van der Waals surface area contributed by atoms with Gasteiger partial charge in [-0.05, 0) is 68.2 Å².